The van der Waals surface area contributed by atoms with E-state index in [-0.39, 0.29) is 6.54 Å². The second-order valence-corrected chi connectivity index (χ2v) is 4.81. The SMILES string of the molecule is CCNc1nc(N(C)CC(N)=O)nc(N2CCCC2)n1. The summed E-state index contributed by atoms with van der Waals surface area (Å²) in [4.78, 5) is 27.9. The number of carbonyl (C=O) groups is 1. The van der Waals surface area contributed by atoms with Crippen LogP contribution in [0.5, 0.6) is 0 Å². The van der Waals surface area contributed by atoms with Crippen molar-refractivity contribution in [3.8, 4) is 0 Å². The third kappa shape index (κ3) is 3.46. The molecule has 1 amide bonds. The Morgan fingerprint density at radius 1 is 1.35 bits per heavy atom. The van der Waals surface area contributed by atoms with Crippen molar-refractivity contribution in [2.24, 2.45) is 5.73 Å². The lowest BCUT2D eigenvalue weighted by molar-refractivity contribution is -0.116. The van der Waals surface area contributed by atoms with Crippen molar-refractivity contribution in [1.82, 2.24) is 15.0 Å². The Bertz CT molecular complexity index is 473. The fourth-order valence-electron chi connectivity index (χ4n) is 2.12. The maximum absolute atomic E-state index is 11.0. The van der Waals surface area contributed by atoms with Gasteiger partial charge in [-0.1, -0.05) is 0 Å². The first-order valence-electron chi connectivity index (χ1n) is 6.84. The van der Waals surface area contributed by atoms with E-state index in [0.717, 1.165) is 32.5 Å². The van der Waals surface area contributed by atoms with Crippen LogP contribution >= 0.6 is 0 Å². The van der Waals surface area contributed by atoms with E-state index in [9.17, 15) is 4.79 Å². The highest BCUT2D eigenvalue weighted by Gasteiger charge is 2.18. The number of anilines is 3. The number of hydrogen-bond acceptors (Lipinski definition) is 7. The highest BCUT2D eigenvalue weighted by molar-refractivity contribution is 5.78. The van der Waals surface area contributed by atoms with Crippen LogP contribution in [0.3, 0.4) is 0 Å². The van der Waals surface area contributed by atoms with Gasteiger partial charge in [-0.2, -0.15) is 15.0 Å². The van der Waals surface area contributed by atoms with Crippen LogP contribution in [0.25, 0.3) is 0 Å². The van der Waals surface area contributed by atoms with Crippen LogP contribution in [0.15, 0.2) is 0 Å². The molecule has 1 aromatic heterocycles. The van der Waals surface area contributed by atoms with Gasteiger partial charge in [0.05, 0.1) is 6.54 Å². The molecule has 1 aliphatic rings. The first-order valence-corrected chi connectivity index (χ1v) is 6.84. The second-order valence-electron chi connectivity index (χ2n) is 4.81. The number of rotatable bonds is 6. The number of hydrogen-bond donors (Lipinski definition) is 2. The smallest absolute Gasteiger partial charge is 0.237 e. The minimum atomic E-state index is -0.416. The van der Waals surface area contributed by atoms with Gasteiger partial charge in [-0.3, -0.25) is 4.79 Å². The summed E-state index contributed by atoms with van der Waals surface area (Å²) in [6.07, 6.45) is 2.30. The summed E-state index contributed by atoms with van der Waals surface area (Å²) < 4.78 is 0. The highest BCUT2D eigenvalue weighted by atomic mass is 16.1. The maximum Gasteiger partial charge on any atom is 0.237 e. The number of aromatic nitrogens is 3. The van der Waals surface area contributed by atoms with E-state index in [1.165, 1.54) is 0 Å². The molecule has 20 heavy (non-hydrogen) atoms. The molecule has 8 heteroatoms. The monoisotopic (exact) mass is 279 g/mol. The Balaban J connectivity index is 2.27. The summed E-state index contributed by atoms with van der Waals surface area (Å²) in [7, 11) is 1.74. The van der Waals surface area contributed by atoms with Gasteiger partial charge in [-0.15, -0.1) is 0 Å². The Kier molecular flexibility index (Phi) is 4.54. The van der Waals surface area contributed by atoms with Gasteiger partial charge in [-0.05, 0) is 19.8 Å². The fourth-order valence-corrected chi connectivity index (χ4v) is 2.12. The van der Waals surface area contributed by atoms with Gasteiger partial charge in [0.1, 0.15) is 0 Å². The molecule has 1 saturated heterocycles. The normalized spacial score (nSPS) is 14.4. The van der Waals surface area contributed by atoms with Crippen LogP contribution in [0, 0.1) is 0 Å². The lowest BCUT2D eigenvalue weighted by atomic mass is 10.4. The van der Waals surface area contributed by atoms with Crippen LogP contribution in [0.1, 0.15) is 19.8 Å². The standard InChI is InChI=1S/C12H21N7O/c1-3-14-10-15-11(18(2)8-9(13)20)17-12(16-10)19-6-4-5-7-19/h3-8H2,1-2H3,(H2,13,20)(H,14,15,16,17). The molecule has 0 atom stereocenters. The van der Waals surface area contributed by atoms with Crippen molar-refractivity contribution >= 4 is 23.8 Å². The number of likely N-dealkylation sites (N-methyl/N-ethyl adjacent to an activating group) is 1. The largest absolute Gasteiger partial charge is 0.368 e. The summed E-state index contributed by atoms with van der Waals surface area (Å²) in [6.45, 7) is 4.69. The molecule has 1 fully saturated rings. The molecule has 2 heterocycles. The number of carbonyl (C=O) groups excluding carboxylic acids is 1. The Hall–Kier alpha value is -2.12. The third-order valence-corrected chi connectivity index (χ3v) is 3.07. The minimum absolute atomic E-state index is 0.0784. The van der Waals surface area contributed by atoms with E-state index in [0.29, 0.717) is 17.8 Å². The van der Waals surface area contributed by atoms with Crippen LogP contribution in [0.2, 0.25) is 0 Å². The lowest BCUT2D eigenvalue weighted by Gasteiger charge is -2.20. The maximum atomic E-state index is 11.0. The second kappa shape index (κ2) is 6.36. The molecule has 0 bridgehead atoms. The predicted molar refractivity (Wildman–Crippen MR) is 77.9 cm³/mol. The number of nitrogens with one attached hydrogen (secondary N) is 1. The van der Waals surface area contributed by atoms with E-state index < -0.39 is 5.91 Å². The molecule has 1 aromatic rings. The highest BCUT2D eigenvalue weighted by Crippen LogP contribution is 2.19. The average Bonchev–Trinajstić information content (AvgIpc) is 2.92. The molecule has 3 N–H and O–H groups in total. The summed E-state index contributed by atoms with van der Waals surface area (Å²) >= 11 is 0. The van der Waals surface area contributed by atoms with Gasteiger partial charge in [0, 0.05) is 26.7 Å². The molecule has 0 radical (unpaired) electrons. The third-order valence-electron chi connectivity index (χ3n) is 3.07. The molecular formula is C12H21N7O. The van der Waals surface area contributed by atoms with Gasteiger partial charge in [0.25, 0.3) is 0 Å². The Morgan fingerprint density at radius 2 is 2.05 bits per heavy atom. The van der Waals surface area contributed by atoms with Gasteiger partial charge >= 0.3 is 0 Å². The Labute approximate surface area is 118 Å². The molecule has 8 nitrogen and oxygen atoms in total. The Morgan fingerprint density at radius 3 is 2.65 bits per heavy atom. The predicted octanol–water partition coefficient (Wildman–Crippen LogP) is -0.175. The van der Waals surface area contributed by atoms with Crippen molar-refractivity contribution in [2.45, 2.75) is 19.8 Å². The molecule has 0 saturated carbocycles. The quantitative estimate of drug-likeness (QED) is 0.745. The molecule has 0 spiro atoms. The molecule has 0 aromatic carbocycles. The summed E-state index contributed by atoms with van der Waals surface area (Å²) in [5.41, 5.74) is 5.21. The molecule has 0 aliphatic carbocycles. The first kappa shape index (κ1) is 14.3. The van der Waals surface area contributed by atoms with Crippen molar-refractivity contribution in [3.05, 3.63) is 0 Å². The van der Waals surface area contributed by atoms with Crippen molar-refractivity contribution < 1.29 is 4.79 Å². The van der Waals surface area contributed by atoms with E-state index in [1.54, 1.807) is 11.9 Å². The average molecular weight is 279 g/mol. The van der Waals surface area contributed by atoms with Crippen LogP contribution in [-0.4, -0.2) is 54.1 Å². The van der Waals surface area contributed by atoms with Crippen molar-refractivity contribution in [3.63, 3.8) is 0 Å². The van der Waals surface area contributed by atoms with Crippen molar-refractivity contribution in [2.75, 3.05) is 48.3 Å². The van der Waals surface area contributed by atoms with E-state index in [1.807, 2.05) is 6.92 Å². The number of nitrogens with zero attached hydrogens (tertiary/aromatic N) is 5. The molecule has 2 rings (SSSR count). The molecule has 1 aliphatic heterocycles. The van der Waals surface area contributed by atoms with E-state index >= 15 is 0 Å². The van der Waals surface area contributed by atoms with E-state index in [4.69, 9.17) is 5.73 Å². The van der Waals surface area contributed by atoms with Gasteiger partial charge in [0.2, 0.25) is 23.8 Å². The summed E-state index contributed by atoms with van der Waals surface area (Å²) in [5, 5.41) is 3.09. The van der Waals surface area contributed by atoms with Gasteiger partial charge in [0.15, 0.2) is 0 Å². The zero-order valence-corrected chi connectivity index (χ0v) is 12.0. The fraction of sp³-hybridized carbons (Fsp3) is 0.667. The first-order chi connectivity index (χ1) is 9.60. The van der Waals surface area contributed by atoms with Gasteiger partial charge in [-0.25, -0.2) is 0 Å². The zero-order valence-electron chi connectivity index (χ0n) is 12.0. The van der Waals surface area contributed by atoms with Crippen molar-refractivity contribution in [1.29, 1.82) is 0 Å². The van der Waals surface area contributed by atoms with Crippen LogP contribution < -0.4 is 20.9 Å². The number of amides is 1. The summed E-state index contributed by atoms with van der Waals surface area (Å²) in [6, 6.07) is 0. The molecular weight excluding hydrogens is 258 g/mol. The van der Waals surface area contributed by atoms with Crippen LogP contribution in [0.4, 0.5) is 17.8 Å². The molecule has 0 unspecified atom stereocenters. The number of nitrogens with two attached hydrogens (primary N) is 1. The molecule has 110 valence electrons. The van der Waals surface area contributed by atoms with Gasteiger partial charge < -0.3 is 20.9 Å². The minimum Gasteiger partial charge on any atom is -0.368 e. The van der Waals surface area contributed by atoms with E-state index in [2.05, 4.69) is 25.2 Å². The zero-order chi connectivity index (χ0) is 14.5. The number of primary amides is 1. The van der Waals surface area contributed by atoms with Crippen LogP contribution in [-0.2, 0) is 4.79 Å². The summed E-state index contributed by atoms with van der Waals surface area (Å²) in [5.74, 6) is 1.22. The lowest BCUT2D eigenvalue weighted by Crippen LogP contribution is -2.32. The topological polar surface area (TPSA) is 100 Å².